The predicted molar refractivity (Wildman–Crippen MR) is 157 cm³/mol. The van der Waals surface area contributed by atoms with Crippen molar-refractivity contribution in [2.75, 3.05) is 23.9 Å². The Morgan fingerprint density at radius 1 is 1.29 bits per heavy atom. The van der Waals surface area contributed by atoms with E-state index in [0.29, 0.717) is 35.7 Å². The Morgan fingerprint density at radius 2 is 2.05 bits per heavy atom. The second kappa shape index (κ2) is 12.3. The lowest BCUT2D eigenvalue weighted by Crippen LogP contribution is -2.24. The van der Waals surface area contributed by atoms with Gasteiger partial charge in [-0.25, -0.2) is 22.9 Å². The number of methoxy groups -OCH3 is 1. The van der Waals surface area contributed by atoms with Gasteiger partial charge in [-0.05, 0) is 55.2 Å². The van der Waals surface area contributed by atoms with E-state index in [2.05, 4.69) is 20.4 Å². The molecule has 1 aliphatic rings. The van der Waals surface area contributed by atoms with Crippen molar-refractivity contribution in [3.8, 4) is 22.8 Å². The van der Waals surface area contributed by atoms with Gasteiger partial charge in [-0.2, -0.15) is 5.10 Å². The molecule has 5 rings (SSSR count). The van der Waals surface area contributed by atoms with E-state index in [1.54, 1.807) is 42.2 Å². The molecule has 0 bridgehead atoms. The number of aryl methyl sites for hydroxylation is 2. The van der Waals surface area contributed by atoms with Crippen molar-refractivity contribution in [3.05, 3.63) is 65.6 Å². The molecule has 1 saturated heterocycles. The molecule has 1 aromatic carbocycles. The number of ether oxygens (including phenoxy) is 1. The molecule has 0 unspecified atom stereocenters. The first-order valence-electron chi connectivity index (χ1n) is 12.8. The maximum atomic E-state index is 12.2. The van der Waals surface area contributed by atoms with Gasteiger partial charge < -0.3 is 26.0 Å². The fraction of sp³-hybridized carbons (Fsp3) is 0.286. The molecular weight excluding hydrogens is 548 g/mol. The number of pyridine rings is 1. The molecule has 1 aliphatic heterocycles. The van der Waals surface area contributed by atoms with E-state index in [9.17, 15) is 13.5 Å². The number of amidine groups is 1. The number of aromatic nitrogens is 3. The third kappa shape index (κ3) is 6.57. The van der Waals surface area contributed by atoms with Crippen molar-refractivity contribution in [1.82, 2.24) is 14.6 Å². The molecule has 0 aliphatic carbocycles. The van der Waals surface area contributed by atoms with E-state index in [-0.39, 0.29) is 35.6 Å². The van der Waals surface area contributed by atoms with Gasteiger partial charge in [0.1, 0.15) is 11.6 Å². The first-order chi connectivity index (χ1) is 19.6. The average molecular weight is 581 g/mol. The molecule has 41 heavy (non-hydrogen) atoms. The van der Waals surface area contributed by atoms with Crippen molar-refractivity contribution in [2.45, 2.75) is 32.7 Å². The molecule has 1 atom stereocenters. The van der Waals surface area contributed by atoms with E-state index in [1.165, 1.54) is 0 Å². The number of hydrogen-bond acceptors (Lipinski definition) is 9. The first-order valence-corrected chi connectivity index (χ1v) is 14.6. The second-order valence-electron chi connectivity index (χ2n) is 9.55. The van der Waals surface area contributed by atoms with Crippen LogP contribution >= 0.6 is 0 Å². The third-order valence-electron chi connectivity index (χ3n) is 6.78. The predicted octanol–water partition coefficient (Wildman–Crippen LogP) is 3.32. The summed E-state index contributed by atoms with van der Waals surface area (Å²) in [6.45, 7) is 3.71. The summed E-state index contributed by atoms with van der Waals surface area (Å²) in [6.07, 6.45) is 6.45. The standard InChI is InChI=1S/C27H30N6O4S.CH2O2/c1-4-17-10-20(34)5-6-23(17)32-27(28)22-13-30-33-14-18(21-12-29-25(37-3)9-16(21)2)11-24(33)26(22)31-19-7-8-38(35,36)15-19;2-1-3/h5-6,9-14,19,31,34H,4,7-8,15H2,1-3H3,(H2,28,32);1H,(H,2,3)/t19-;/m1./s1. The van der Waals surface area contributed by atoms with Crippen LogP contribution in [0.15, 0.2) is 53.9 Å². The van der Waals surface area contributed by atoms with E-state index < -0.39 is 9.84 Å². The molecule has 216 valence electrons. The number of phenolic OH excluding ortho intramolecular Hbond substituents is 1. The zero-order chi connectivity index (χ0) is 29.7. The lowest BCUT2D eigenvalue weighted by molar-refractivity contribution is -0.122. The van der Waals surface area contributed by atoms with Crippen LogP contribution in [0.2, 0.25) is 0 Å². The number of carboxylic acid groups (broad SMARTS) is 1. The van der Waals surface area contributed by atoms with E-state index in [4.69, 9.17) is 20.4 Å². The molecule has 0 spiro atoms. The number of hydrogen-bond donors (Lipinski definition) is 4. The maximum absolute atomic E-state index is 12.2. The van der Waals surface area contributed by atoms with Crippen molar-refractivity contribution in [2.24, 2.45) is 10.7 Å². The van der Waals surface area contributed by atoms with Gasteiger partial charge in [0, 0.05) is 35.6 Å². The van der Waals surface area contributed by atoms with Gasteiger partial charge in [-0.1, -0.05) is 6.92 Å². The maximum Gasteiger partial charge on any atom is 0.290 e. The van der Waals surface area contributed by atoms with Crippen molar-refractivity contribution in [3.63, 3.8) is 0 Å². The molecule has 1 fully saturated rings. The van der Waals surface area contributed by atoms with Gasteiger partial charge in [0.15, 0.2) is 9.84 Å². The highest BCUT2D eigenvalue weighted by atomic mass is 32.2. The van der Waals surface area contributed by atoms with Crippen LogP contribution in [-0.2, 0) is 21.1 Å². The molecule has 0 radical (unpaired) electrons. The van der Waals surface area contributed by atoms with E-state index >= 15 is 0 Å². The molecule has 0 amide bonds. The van der Waals surface area contributed by atoms with Crippen LogP contribution in [-0.4, -0.2) is 70.2 Å². The fourth-order valence-corrected chi connectivity index (χ4v) is 6.43. The average Bonchev–Trinajstić information content (AvgIpc) is 3.52. The molecular formula is C28H32N6O6S. The number of sulfone groups is 1. The number of aliphatic imine (C=N–C) groups is 1. The van der Waals surface area contributed by atoms with Gasteiger partial charge in [-0.3, -0.25) is 4.79 Å². The zero-order valence-corrected chi connectivity index (χ0v) is 23.7. The quantitative estimate of drug-likeness (QED) is 0.144. The summed E-state index contributed by atoms with van der Waals surface area (Å²) in [5.74, 6) is 1.11. The largest absolute Gasteiger partial charge is 0.508 e. The number of anilines is 1. The van der Waals surface area contributed by atoms with Crippen molar-refractivity contribution < 1.29 is 28.2 Å². The molecule has 4 aromatic rings. The van der Waals surface area contributed by atoms with Crippen LogP contribution in [0, 0.1) is 6.92 Å². The summed E-state index contributed by atoms with van der Waals surface area (Å²) >= 11 is 0. The Hall–Kier alpha value is -4.65. The van der Waals surface area contributed by atoms with Crippen LogP contribution in [0.4, 0.5) is 11.4 Å². The summed E-state index contributed by atoms with van der Waals surface area (Å²) in [7, 11) is -1.53. The van der Waals surface area contributed by atoms with Gasteiger partial charge in [0.05, 0.1) is 47.3 Å². The van der Waals surface area contributed by atoms with Gasteiger partial charge in [-0.15, -0.1) is 0 Å². The fourth-order valence-electron chi connectivity index (χ4n) is 4.76. The highest BCUT2D eigenvalue weighted by Crippen LogP contribution is 2.33. The monoisotopic (exact) mass is 580 g/mol. The molecule has 13 heteroatoms. The number of benzene rings is 1. The normalized spacial score (nSPS) is 16.2. The van der Waals surface area contributed by atoms with Crippen LogP contribution in [0.3, 0.4) is 0 Å². The van der Waals surface area contributed by atoms with Crippen molar-refractivity contribution in [1.29, 1.82) is 0 Å². The van der Waals surface area contributed by atoms with Crippen molar-refractivity contribution >= 4 is 39.0 Å². The van der Waals surface area contributed by atoms with Gasteiger partial charge >= 0.3 is 0 Å². The molecule has 12 nitrogen and oxygen atoms in total. The second-order valence-corrected chi connectivity index (χ2v) is 11.8. The van der Waals surface area contributed by atoms with Crippen LogP contribution in [0.1, 0.15) is 30.0 Å². The number of nitrogens with one attached hydrogen (secondary N) is 1. The molecule has 0 saturated carbocycles. The summed E-state index contributed by atoms with van der Waals surface area (Å²) < 4.78 is 31.4. The first kappa shape index (κ1) is 29.3. The Bertz CT molecular complexity index is 1720. The molecule has 4 heterocycles. The summed E-state index contributed by atoms with van der Waals surface area (Å²) in [6, 6.07) is 8.54. The highest BCUT2D eigenvalue weighted by molar-refractivity contribution is 7.91. The van der Waals surface area contributed by atoms with Crippen LogP contribution < -0.4 is 15.8 Å². The SMILES string of the molecule is CCc1cc(O)ccc1N=C(N)c1cnn2cc(-c3cnc(OC)cc3C)cc2c1N[C@@H]1CCS(=O)(=O)C1.O=CO. The Balaban J connectivity index is 0.00000124. The lowest BCUT2D eigenvalue weighted by atomic mass is 10.1. The minimum atomic E-state index is -3.10. The minimum Gasteiger partial charge on any atom is -0.508 e. The smallest absolute Gasteiger partial charge is 0.290 e. The third-order valence-corrected chi connectivity index (χ3v) is 8.55. The number of phenols is 1. The lowest BCUT2D eigenvalue weighted by Gasteiger charge is -2.17. The van der Waals surface area contributed by atoms with Gasteiger partial charge in [0.25, 0.3) is 6.47 Å². The highest BCUT2D eigenvalue weighted by Gasteiger charge is 2.29. The topological polar surface area (TPSA) is 181 Å². The number of fused-ring (bicyclic) bond motifs is 1. The number of aromatic hydroxyl groups is 1. The number of nitrogens with zero attached hydrogens (tertiary/aromatic N) is 4. The molecule has 3 aromatic heterocycles. The Morgan fingerprint density at radius 3 is 2.68 bits per heavy atom. The Kier molecular flexibility index (Phi) is 8.77. The summed E-state index contributed by atoms with van der Waals surface area (Å²) in [5.41, 5.74) is 12.8. The van der Waals surface area contributed by atoms with Crippen LogP contribution in [0.5, 0.6) is 11.6 Å². The van der Waals surface area contributed by atoms with Crippen LogP contribution in [0.25, 0.3) is 16.6 Å². The zero-order valence-electron chi connectivity index (χ0n) is 22.9. The van der Waals surface area contributed by atoms with E-state index in [0.717, 1.165) is 27.8 Å². The minimum absolute atomic E-state index is 0.0466. The number of carbonyl (C=O) groups is 1. The molecule has 5 N–H and O–H groups in total. The van der Waals surface area contributed by atoms with Gasteiger partial charge in [0.2, 0.25) is 5.88 Å². The summed E-state index contributed by atoms with van der Waals surface area (Å²) in [4.78, 5) is 17.4. The summed E-state index contributed by atoms with van der Waals surface area (Å²) in [5, 5.41) is 24.8. The number of nitrogens with two attached hydrogens (primary N) is 1. The Labute approximate surface area is 237 Å². The number of rotatable bonds is 7. The van der Waals surface area contributed by atoms with E-state index in [1.807, 2.05) is 32.2 Å².